The number of hydrogen-bond acceptors (Lipinski definition) is 4. The maximum Gasteiger partial charge on any atom is 0.232 e. The standard InChI is InChI=1S/C19H30N2O3S/c1-13-7-14(2)11-20(10-13)12-19(22)16-5-6-18-17(9-16)8-15(3)21(18)25(4,23)24/h5-6,9,13-15,19,22H,7-8,10-12H2,1-4H3/t13-,14+,15-,19-/m1/s1. The zero-order valence-electron chi connectivity index (χ0n) is 15.6. The van der Waals surface area contributed by atoms with Crippen LogP contribution in [-0.2, 0) is 16.4 Å². The number of anilines is 1. The van der Waals surface area contributed by atoms with Crippen molar-refractivity contribution < 1.29 is 13.5 Å². The lowest BCUT2D eigenvalue weighted by Crippen LogP contribution is -2.40. The first-order chi connectivity index (χ1) is 11.6. The molecule has 140 valence electrons. The predicted octanol–water partition coefficient (Wildman–Crippen LogP) is 2.41. The molecule has 0 aromatic heterocycles. The third kappa shape index (κ3) is 4.01. The highest BCUT2D eigenvalue weighted by molar-refractivity contribution is 7.92. The lowest BCUT2D eigenvalue weighted by atomic mass is 9.91. The Labute approximate surface area is 151 Å². The smallest absolute Gasteiger partial charge is 0.232 e. The highest BCUT2D eigenvalue weighted by atomic mass is 32.2. The Hall–Kier alpha value is -1.11. The molecule has 2 aliphatic heterocycles. The maximum atomic E-state index is 12.0. The molecule has 1 aromatic carbocycles. The molecule has 4 atom stereocenters. The zero-order chi connectivity index (χ0) is 18.4. The topological polar surface area (TPSA) is 60.9 Å². The third-order valence-electron chi connectivity index (χ3n) is 5.37. The SMILES string of the molecule is C[C@@H]1C[C@H](C)CN(C[C@@H](O)c2ccc3c(c2)C[C@@H](C)N3S(C)(=O)=O)C1. The molecule has 0 spiro atoms. The van der Waals surface area contributed by atoms with Crippen molar-refractivity contribution in [2.45, 2.75) is 45.8 Å². The van der Waals surface area contributed by atoms with Crippen LogP contribution in [0.25, 0.3) is 0 Å². The van der Waals surface area contributed by atoms with Gasteiger partial charge in [-0.2, -0.15) is 0 Å². The number of hydrogen-bond donors (Lipinski definition) is 1. The minimum absolute atomic E-state index is 0.0683. The van der Waals surface area contributed by atoms with E-state index in [0.717, 1.165) is 29.9 Å². The minimum atomic E-state index is -3.27. The number of nitrogens with zero attached hydrogens (tertiary/aromatic N) is 2. The number of aliphatic hydroxyl groups is 1. The Bertz CT molecular complexity index is 724. The van der Waals surface area contributed by atoms with E-state index in [4.69, 9.17) is 0 Å². The van der Waals surface area contributed by atoms with Crippen LogP contribution < -0.4 is 4.31 Å². The van der Waals surface area contributed by atoms with Crippen molar-refractivity contribution in [1.82, 2.24) is 4.90 Å². The molecule has 0 aliphatic carbocycles. The first-order valence-electron chi connectivity index (χ1n) is 9.17. The number of likely N-dealkylation sites (tertiary alicyclic amines) is 1. The summed E-state index contributed by atoms with van der Waals surface area (Å²) in [4.78, 5) is 2.35. The Balaban J connectivity index is 1.75. The molecule has 0 saturated carbocycles. The summed E-state index contributed by atoms with van der Waals surface area (Å²) in [5.74, 6) is 1.33. The van der Waals surface area contributed by atoms with Crippen LogP contribution in [-0.4, -0.2) is 50.4 Å². The summed E-state index contributed by atoms with van der Waals surface area (Å²) in [6, 6.07) is 5.63. The molecule has 1 saturated heterocycles. The van der Waals surface area contributed by atoms with Gasteiger partial charge in [-0.25, -0.2) is 8.42 Å². The summed E-state index contributed by atoms with van der Waals surface area (Å²) in [5.41, 5.74) is 2.65. The van der Waals surface area contributed by atoms with Gasteiger partial charge >= 0.3 is 0 Å². The molecule has 25 heavy (non-hydrogen) atoms. The Kier molecular flexibility index (Phi) is 5.15. The van der Waals surface area contributed by atoms with E-state index < -0.39 is 16.1 Å². The second-order valence-electron chi connectivity index (χ2n) is 8.18. The summed E-state index contributed by atoms with van der Waals surface area (Å²) in [6.45, 7) is 9.17. The lowest BCUT2D eigenvalue weighted by Gasteiger charge is -2.36. The predicted molar refractivity (Wildman–Crippen MR) is 101 cm³/mol. The molecule has 0 unspecified atom stereocenters. The van der Waals surface area contributed by atoms with E-state index in [-0.39, 0.29) is 6.04 Å². The van der Waals surface area contributed by atoms with Gasteiger partial charge in [0.15, 0.2) is 0 Å². The molecule has 2 heterocycles. The Morgan fingerprint density at radius 2 is 1.84 bits per heavy atom. The van der Waals surface area contributed by atoms with Gasteiger partial charge in [0.2, 0.25) is 10.0 Å². The average Bonchev–Trinajstić information content (AvgIpc) is 2.80. The monoisotopic (exact) mass is 366 g/mol. The molecule has 1 aromatic rings. The third-order valence-corrected chi connectivity index (χ3v) is 6.65. The van der Waals surface area contributed by atoms with Crippen LogP contribution in [0.1, 0.15) is 44.4 Å². The van der Waals surface area contributed by atoms with Gasteiger partial charge in [0, 0.05) is 25.7 Å². The number of aliphatic hydroxyl groups excluding tert-OH is 1. The van der Waals surface area contributed by atoms with Crippen LogP contribution in [0.2, 0.25) is 0 Å². The molecule has 2 aliphatic rings. The quantitative estimate of drug-likeness (QED) is 0.889. The van der Waals surface area contributed by atoms with Gasteiger partial charge in [-0.3, -0.25) is 9.21 Å². The van der Waals surface area contributed by atoms with Crippen LogP contribution in [0.4, 0.5) is 5.69 Å². The van der Waals surface area contributed by atoms with Crippen molar-refractivity contribution in [3.63, 3.8) is 0 Å². The number of sulfonamides is 1. The van der Waals surface area contributed by atoms with Gasteiger partial charge in [0.1, 0.15) is 0 Å². The second kappa shape index (κ2) is 6.89. The van der Waals surface area contributed by atoms with Crippen molar-refractivity contribution in [2.24, 2.45) is 11.8 Å². The molecule has 6 heteroatoms. The van der Waals surface area contributed by atoms with E-state index in [0.29, 0.717) is 24.8 Å². The molecule has 0 amide bonds. The van der Waals surface area contributed by atoms with E-state index >= 15 is 0 Å². The van der Waals surface area contributed by atoms with E-state index in [1.807, 2.05) is 25.1 Å². The van der Waals surface area contributed by atoms with E-state index in [2.05, 4.69) is 18.7 Å². The van der Waals surface area contributed by atoms with E-state index in [1.54, 1.807) is 0 Å². The number of benzene rings is 1. The second-order valence-corrected chi connectivity index (χ2v) is 10.0. The maximum absolute atomic E-state index is 12.0. The highest BCUT2D eigenvalue weighted by Gasteiger charge is 2.33. The first-order valence-corrected chi connectivity index (χ1v) is 11.0. The fraction of sp³-hybridized carbons (Fsp3) is 0.684. The van der Waals surface area contributed by atoms with Crippen LogP contribution in [0.5, 0.6) is 0 Å². The Morgan fingerprint density at radius 1 is 1.20 bits per heavy atom. The summed E-state index contributed by atoms with van der Waals surface area (Å²) >= 11 is 0. The van der Waals surface area contributed by atoms with Gasteiger partial charge in [-0.05, 0) is 48.8 Å². The van der Waals surface area contributed by atoms with E-state index in [9.17, 15) is 13.5 Å². The van der Waals surface area contributed by atoms with Crippen LogP contribution >= 0.6 is 0 Å². The highest BCUT2D eigenvalue weighted by Crippen LogP contribution is 2.36. The average molecular weight is 367 g/mol. The molecule has 1 fully saturated rings. The largest absolute Gasteiger partial charge is 0.387 e. The van der Waals surface area contributed by atoms with Crippen molar-refractivity contribution in [1.29, 1.82) is 0 Å². The molecular formula is C19H30N2O3S. The van der Waals surface area contributed by atoms with Crippen molar-refractivity contribution in [3.8, 4) is 0 Å². The van der Waals surface area contributed by atoms with Gasteiger partial charge in [-0.1, -0.05) is 26.0 Å². The molecule has 1 N–H and O–H groups in total. The fourth-order valence-corrected chi connectivity index (χ4v) is 5.89. The Morgan fingerprint density at radius 3 is 2.44 bits per heavy atom. The summed E-state index contributed by atoms with van der Waals surface area (Å²) < 4.78 is 25.5. The van der Waals surface area contributed by atoms with Gasteiger partial charge in [-0.15, -0.1) is 0 Å². The molecular weight excluding hydrogens is 336 g/mol. The summed E-state index contributed by atoms with van der Waals surface area (Å²) in [6.07, 6.45) is 2.66. The molecule has 0 bridgehead atoms. The molecule has 5 nitrogen and oxygen atoms in total. The van der Waals surface area contributed by atoms with Crippen LogP contribution in [0, 0.1) is 11.8 Å². The van der Waals surface area contributed by atoms with Crippen molar-refractivity contribution >= 4 is 15.7 Å². The van der Waals surface area contributed by atoms with Gasteiger partial charge in [0.05, 0.1) is 18.0 Å². The number of fused-ring (bicyclic) bond motifs is 1. The van der Waals surface area contributed by atoms with Crippen molar-refractivity contribution in [3.05, 3.63) is 29.3 Å². The normalized spacial score (nSPS) is 28.8. The van der Waals surface area contributed by atoms with Crippen molar-refractivity contribution in [2.75, 3.05) is 30.2 Å². The fourth-order valence-electron chi connectivity index (χ4n) is 4.63. The van der Waals surface area contributed by atoms with E-state index in [1.165, 1.54) is 17.0 Å². The molecule has 3 rings (SSSR count). The molecule has 0 radical (unpaired) electrons. The van der Waals surface area contributed by atoms with Gasteiger partial charge in [0.25, 0.3) is 0 Å². The summed E-state index contributed by atoms with van der Waals surface area (Å²) in [5, 5.41) is 10.7. The minimum Gasteiger partial charge on any atom is -0.387 e. The number of piperidine rings is 1. The van der Waals surface area contributed by atoms with Crippen LogP contribution in [0.3, 0.4) is 0 Å². The number of rotatable bonds is 4. The summed E-state index contributed by atoms with van der Waals surface area (Å²) in [7, 11) is -3.27. The lowest BCUT2D eigenvalue weighted by molar-refractivity contribution is 0.0699. The number of β-amino-alcohol motifs (C(OH)–C–C–N with tert-alkyl or cyclic N) is 1. The first kappa shape index (κ1) is 18.7. The van der Waals surface area contributed by atoms with Crippen LogP contribution in [0.15, 0.2) is 18.2 Å². The van der Waals surface area contributed by atoms with Gasteiger partial charge < -0.3 is 5.11 Å². The zero-order valence-corrected chi connectivity index (χ0v) is 16.5.